The molecule has 0 atom stereocenters. The monoisotopic (exact) mass is 278 g/mol. The van der Waals surface area contributed by atoms with Gasteiger partial charge in [-0.25, -0.2) is 0 Å². The van der Waals surface area contributed by atoms with Crippen molar-refractivity contribution in [2.45, 2.75) is 26.7 Å². The zero-order valence-corrected chi connectivity index (χ0v) is 12.8. The minimum absolute atomic E-state index is 0.749. The summed E-state index contributed by atoms with van der Waals surface area (Å²) in [6.45, 7) is 7.41. The lowest BCUT2D eigenvalue weighted by Gasteiger charge is -2.12. The molecule has 0 aliphatic carbocycles. The van der Waals surface area contributed by atoms with Gasteiger partial charge in [-0.3, -0.25) is 9.98 Å². The van der Waals surface area contributed by atoms with Gasteiger partial charge in [0.2, 0.25) is 0 Å². The van der Waals surface area contributed by atoms with Crippen LogP contribution in [0.15, 0.2) is 23.5 Å². The van der Waals surface area contributed by atoms with Crippen LogP contribution < -0.4 is 10.6 Å². The summed E-state index contributed by atoms with van der Waals surface area (Å²) < 4.78 is 5.02. The molecule has 2 N–H and O–H groups in total. The molecular formula is C15H26N4O. The fourth-order valence-corrected chi connectivity index (χ4v) is 1.84. The Bertz CT molecular complexity index is 407. The molecular weight excluding hydrogens is 252 g/mol. The molecule has 0 aromatic carbocycles. The molecule has 0 bridgehead atoms. The number of aromatic nitrogens is 1. The van der Waals surface area contributed by atoms with E-state index in [9.17, 15) is 0 Å². The Balaban J connectivity index is 2.36. The highest BCUT2D eigenvalue weighted by atomic mass is 16.5. The van der Waals surface area contributed by atoms with Gasteiger partial charge in [0.25, 0.3) is 0 Å². The number of nitrogens with one attached hydrogen (secondary N) is 2. The lowest BCUT2D eigenvalue weighted by Crippen LogP contribution is -2.38. The highest BCUT2D eigenvalue weighted by Crippen LogP contribution is 2.04. The fraction of sp³-hybridized carbons (Fsp3) is 0.600. The van der Waals surface area contributed by atoms with Crippen molar-refractivity contribution < 1.29 is 4.74 Å². The van der Waals surface area contributed by atoms with Crippen LogP contribution >= 0.6 is 0 Å². The van der Waals surface area contributed by atoms with E-state index in [1.54, 1.807) is 7.11 Å². The second-order valence-electron chi connectivity index (χ2n) is 4.59. The minimum Gasteiger partial charge on any atom is -0.385 e. The lowest BCUT2D eigenvalue weighted by atomic mass is 10.1. The molecule has 0 aliphatic heterocycles. The lowest BCUT2D eigenvalue weighted by molar-refractivity contribution is 0.197. The third-order valence-corrected chi connectivity index (χ3v) is 2.94. The average molecular weight is 278 g/mol. The number of nitrogens with zero attached hydrogens (tertiary/aromatic N) is 2. The molecule has 5 nitrogen and oxygen atoms in total. The summed E-state index contributed by atoms with van der Waals surface area (Å²) in [4.78, 5) is 8.61. The second-order valence-corrected chi connectivity index (χ2v) is 4.59. The van der Waals surface area contributed by atoms with Crippen molar-refractivity contribution in [3.63, 3.8) is 0 Å². The van der Waals surface area contributed by atoms with Gasteiger partial charge in [-0.15, -0.1) is 0 Å². The molecule has 0 amide bonds. The van der Waals surface area contributed by atoms with Gasteiger partial charge >= 0.3 is 0 Å². The molecule has 5 heteroatoms. The number of aryl methyl sites for hydroxylation is 1. The molecule has 0 aliphatic rings. The van der Waals surface area contributed by atoms with E-state index in [2.05, 4.69) is 40.5 Å². The fourth-order valence-electron chi connectivity index (χ4n) is 1.84. The first-order valence-corrected chi connectivity index (χ1v) is 7.18. The Kier molecular flexibility index (Phi) is 8.38. The van der Waals surface area contributed by atoms with E-state index in [1.165, 1.54) is 11.1 Å². The molecule has 0 radical (unpaired) electrons. The topological polar surface area (TPSA) is 58.5 Å². The number of ether oxygens (including phenoxy) is 1. The number of pyridine rings is 1. The Labute approximate surface area is 121 Å². The van der Waals surface area contributed by atoms with Crippen LogP contribution in [0.2, 0.25) is 0 Å². The van der Waals surface area contributed by atoms with Crippen molar-refractivity contribution in [3.8, 4) is 0 Å². The third-order valence-electron chi connectivity index (χ3n) is 2.94. The maximum Gasteiger partial charge on any atom is 0.191 e. The average Bonchev–Trinajstić information content (AvgIpc) is 2.45. The van der Waals surface area contributed by atoms with Crippen LogP contribution in [0.25, 0.3) is 0 Å². The predicted octanol–water partition coefficient (Wildman–Crippen LogP) is 1.52. The smallest absolute Gasteiger partial charge is 0.191 e. The van der Waals surface area contributed by atoms with Gasteiger partial charge in [0.05, 0.1) is 0 Å². The summed E-state index contributed by atoms with van der Waals surface area (Å²) in [5, 5.41) is 6.60. The first kappa shape index (κ1) is 16.4. The molecule has 0 spiro atoms. The number of aliphatic imine (C=N–C) groups is 1. The van der Waals surface area contributed by atoms with Crippen molar-refractivity contribution >= 4 is 5.96 Å². The number of guanidine groups is 1. The number of methoxy groups -OCH3 is 1. The Hall–Kier alpha value is -1.62. The zero-order chi connectivity index (χ0) is 14.6. The van der Waals surface area contributed by atoms with Gasteiger partial charge in [0.15, 0.2) is 5.96 Å². The highest BCUT2D eigenvalue weighted by molar-refractivity contribution is 5.79. The van der Waals surface area contributed by atoms with Crippen LogP contribution in [0.3, 0.4) is 0 Å². The van der Waals surface area contributed by atoms with Crippen LogP contribution in [0.4, 0.5) is 0 Å². The van der Waals surface area contributed by atoms with E-state index < -0.39 is 0 Å². The van der Waals surface area contributed by atoms with Gasteiger partial charge in [-0.05, 0) is 43.9 Å². The van der Waals surface area contributed by atoms with E-state index in [0.29, 0.717) is 0 Å². The molecule has 20 heavy (non-hydrogen) atoms. The molecule has 0 saturated carbocycles. The summed E-state index contributed by atoms with van der Waals surface area (Å²) in [6, 6.07) is 2.07. The van der Waals surface area contributed by atoms with E-state index in [4.69, 9.17) is 4.74 Å². The number of rotatable bonds is 8. The minimum atomic E-state index is 0.749. The number of hydrogen-bond donors (Lipinski definition) is 2. The molecule has 112 valence electrons. The molecule has 1 aromatic rings. The molecule has 1 rings (SSSR count). The van der Waals surface area contributed by atoms with Gasteiger partial charge < -0.3 is 15.4 Å². The predicted molar refractivity (Wildman–Crippen MR) is 83.2 cm³/mol. The number of hydrogen-bond acceptors (Lipinski definition) is 3. The van der Waals surface area contributed by atoms with Gasteiger partial charge in [0.1, 0.15) is 0 Å². The molecule has 0 fully saturated rings. The van der Waals surface area contributed by atoms with Crippen molar-refractivity contribution in [2.75, 3.05) is 33.4 Å². The van der Waals surface area contributed by atoms with Crippen LogP contribution in [0, 0.1) is 6.92 Å². The van der Waals surface area contributed by atoms with E-state index in [0.717, 1.165) is 45.0 Å². The van der Waals surface area contributed by atoms with Crippen molar-refractivity contribution in [3.05, 3.63) is 29.6 Å². The first-order valence-electron chi connectivity index (χ1n) is 7.18. The van der Waals surface area contributed by atoms with Gasteiger partial charge in [0, 0.05) is 45.7 Å². The molecule has 0 saturated heterocycles. The summed E-state index contributed by atoms with van der Waals surface area (Å²) in [7, 11) is 1.71. The molecule has 0 unspecified atom stereocenters. The Morgan fingerprint density at radius 3 is 2.95 bits per heavy atom. The summed E-state index contributed by atoms with van der Waals surface area (Å²) in [5.74, 6) is 0.871. The highest BCUT2D eigenvalue weighted by Gasteiger charge is 1.99. The quantitative estimate of drug-likeness (QED) is 0.430. The van der Waals surface area contributed by atoms with Crippen LogP contribution in [0.5, 0.6) is 0 Å². The van der Waals surface area contributed by atoms with Crippen molar-refractivity contribution in [1.29, 1.82) is 0 Å². The Morgan fingerprint density at radius 2 is 2.25 bits per heavy atom. The van der Waals surface area contributed by atoms with Crippen LogP contribution in [-0.2, 0) is 11.2 Å². The van der Waals surface area contributed by atoms with E-state index in [1.807, 2.05) is 12.4 Å². The van der Waals surface area contributed by atoms with Crippen molar-refractivity contribution in [2.24, 2.45) is 4.99 Å². The van der Waals surface area contributed by atoms with Gasteiger partial charge in [-0.2, -0.15) is 0 Å². The largest absolute Gasteiger partial charge is 0.385 e. The molecule has 1 heterocycles. The van der Waals surface area contributed by atoms with E-state index in [-0.39, 0.29) is 0 Å². The summed E-state index contributed by atoms with van der Waals surface area (Å²) in [6.07, 6.45) is 5.65. The van der Waals surface area contributed by atoms with Gasteiger partial charge in [-0.1, -0.05) is 0 Å². The molecule has 1 aromatic heterocycles. The first-order chi connectivity index (χ1) is 9.77. The third kappa shape index (κ3) is 6.52. The van der Waals surface area contributed by atoms with Crippen LogP contribution in [-0.4, -0.2) is 44.3 Å². The zero-order valence-electron chi connectivity index (χ0n) is 12.8. The summed E-state index contributed by atoms with van der Waals surface area (Å²) >= 11 is 0. The Morgan fingerprint density at radius 1 is 1.40 bits per heavy atom. The second kappa shape index (κ2) is 10.2. The maximum absolute atomic E-state index is 5.02. The van der Waals surface area contributed by atoms with Crippen molar-refractivity contribution in [1.82, 2.24) is 15.6 Å². The van der Waals surface area contributed by atoms with E-state index >= 15 is 0 Å². The standard InChI is InChI=1S/C15H26N4O/c1-4-17-15(18-8-5-11-20-3)19-10-7-14-6-9-16-12-13(14)2/h6,9,12H,4-5,7-8,10-11H2,1-3H3,(H2,17,18,19). The summed E-state index contributed by atoms with van der Waals surface area (Å²) in [5.41, 5.74) is 2.55. The normalized spacial score (nSPS) is 11.4. The van der Waals surface area contributed by atoms with Crippen LogP contribution in [0.1, 0.15) is 24.5 Å². The SMILES string of the molecule is CCNC(=NCCCOC)NCCc1ccncc1C. The maximum atomic E-state index is 5.02.